The van der Waals surface area contributed by atoms with E-state index < -0.39 is 24.0 Å². The van der Waals surface area contributed by atoms with Gasteiger partial charge in [0.05, 0.1) is 11.2 Å². The first-order chi connectivity index (χ1) is 11.5. The van der Waals surface area contributed by atoms with Crippen LogP contribution in [0, 0.1) is 0 Å². The molecule has 1 aliphatic rings. The van der Waals surface area contributed by atoms with Gasteiger partial charge in [-0.15, -0.1) is 0 Å². The van der Waals surface area contributed by atoms with E-state index in [0.717, 1.165) is 30.1 Å². The van der Waals surface area contributed by atoms with Crippen LogP contribution in [0.5, 0.6) is 0 Å². The first-order valence-corrected chi connectivity index (χ1v) is 8.39. The molecule has 2 N–H and O–H groups in total. The highest BCUT2D eigenvalue weighted by Crippen LogP contribution is 2.19. The highest BCUT2D eigenvalue weighted by atomic mass is 35.5. The summed E-state index contributed by atoms with van der Waals surface area (Å²) in [5.41, 5.74) is 0.642. The van der Waals surface area contributed by atoms with Crippen molar-refractivity contribution >= 4 is 35.1 Å². The summed E-state index contributed by atoms with van der Waals surface area (Å²) in [5, 5.41) is 8.24. The molecule has 1 heterocycles. The van der Waals surface area contributed by atoms with Gasteiger partial charge in [-0.2, -0.15) is 5.10 Å². The molecule has 1 aromatic rings. The molecule has 7 nitrogen and oxygen atoms in total. The number of nitrogens with one attached hydrogen (secondary N) is 2. The zero-order chi connectivity index (χ0) is 17.5. The Morgan fingerprint density at radius 3 is 2.79 bits per heavy atom. The molecule has 130 valence electrons. The number of hydrogen-bond acceptors (Lipinski definition) is 4. The van der Waals surface area contributed by atoms with E-state index in [2.05, 4.69) is 21.8 Å². The maximum Gasteiger partial charge on any atom is 0.321 e. The number of aromatic nitrogens is 2. The molecule has 3 amide bonds. The number of rotatable bonds is 5. The molecule has 0 saturated carbocycles. The van der Waals surface area contributed by atoms with Crippen molar-refractivity contribution in [3.8, 4) is 0 Å². The number of carbonyl (C=O) groups excluding carboxylic acids is 2. The van der Waals surface area contributed by atoms with Crippen molar-refractivity contribution in [3.63, 3.8) is 0 Å². The summed E-state index contributed by atoms with van der Waals surface area (Å²) in [5.74, 6) is -0.669. The fraction of sp³-hybridized carbons (Fsp3) is 0.467. The van der Waals surface area contributed by atoms with Crippen molar-refractivity contribution in [1.82, 2.24) is 20.4 Å². The molecule has 1 aliphatic carbocycles. The van der Waals surface area contributed by atoms with Crippen LogP contribution < -0.4 is 16.2 Å². The third-order valence-electron chi connectivity index (χ3n) is 3.61. The SMILES string of the molecule is O=C(Cn1ncc(Cl)c(Cl)c1=O)NC(=O)NCCC1=CCCCC1. The minimum atomic E-state index is -0.691. The Morgan fingerprint density at radius 2 is 2.08 bits per heavy atom. The predicted molar refractivity (Wildman–Crippen MR) is 91.2 cm³/mol. The Bertz CT molecular complexity index is 715. The highest BCUT2D eigenvalue weighted by molar-refractivity contribution is 6.41. The zero-order valence-electron chi connectivity index (χ0n) is 13.0. The second-order valence-corrected chi connectivity index (χ2v) is 6.22. The lowest BCUT2D eigenvalue weighted by atomic mass is 9.97. The van der Waals surface area contributed by atoms with Gasteiger partial charge in [-0.05, 0) is 32.1 Å². The lowest BCUT2D eigenvalue weighted by molar-refractivity contribution is -0.120. The van der Waals surface area contributed by atoms with Crippen LogP contribution in [-0.4, -0.2) is 28.3 Å². The summed E-state index contributed by atoms with van der Waals surface area (Å²) in [6, 6.07) is -0.607. The van der Waals surface area contributed by atoms with Crippen molar-refractivity contribution in [2.24, 2.45) is 0 Å². The smallest absolute Gasteiger partial charge is 0.321 e. The van der Waals surface area contributed by atoms with E-state index in [1.165, 1.54) is 18.4 Å². The maximum absolute atomic E-state index is 11.8. The van der Waals surface area contributed by atoms with Gasteiger partial charge in [-0.25, -0.2) is 9.48 Å². The molecule has 0 spiro atoms. The average Bonchev–Trinajstić information content (AvgIpc) is 2.56. The molecular weight excluding hydrogens is 355 g/mol. The van der Waals surface area contributed by atoms with Crippen LogP contribution in [0.1, 0.15) is 32.1 Å². The topological polar surface area (TPSA) is 93.1 Å². The minimum Gasteiger partial charge on any atom is -0.337 e. The standard InChI is InChI=1S/C15H18Cl2N4O3/c16-11-8-19-21(14(23)13(11)17)9-12(22)20-15(24)18-7-6-10-4-2-1-3-5-10/h4,8H,1-3,5-7,9H2,(H2,18,20,22,24). The molecule has 2 rings (SSSR count). The van der Waals surface area contributed by atoms with E-state index in [1.807, 2.05) is 0 Å². The molecule has 1 aromatic heterocycles. The van der Waals surface area contributed by atoms with Crippen LogP contribution in [0.2, 0.25) is 10.0 Å². The quantitative estimate of drug-likeness (QED) is 0.775. The molecule has 0 fully saturated rings. The van der Waals surface area contributed by atoms with E-state index in [-0.39, 0.29) is 10.0 Å². The summed E-state index contributed by atoms with van der Waals surface area (Å²) in [4.78, 5) is 35.2. The largest absolute Gasteiger partial charge is 0.337 e. The molecule has 0 aliphatic heterocycles. The van der Waals surface area contributed by atoms with Crippen molar-refractivity contribution in [1.29, 1.82) is 0 Å². The van der Waals surface area contributed by atoms with E-state index >= 15 is 0 Å². The van der Waals surface area contributed by atoms with Crippen LogP contribution in [0.4, 0.5) is 4.79 Å². The Balaban J connectivity index is 1.77. The Hall–Kier alpha value is -1.86. The van der Waals surface area contributed by atoms with Gasteiger partial charge in [0.2, 0.25) is 5.91 Å². The third kappa shape index (κ3) is 5.35. The summed E-state index contributed by atoms with van der Waals surface area (Å²) in [6.07, 6.45) is 8.69. The molecule has 9 heteroatoms. The number of hydrogen-bond donors (Lipinski definition) is 2. The predicted octanol–water partition coefficient (Wildman–Crippen LogP) is 2.27. The van der Waals surface area contributed by atoms with Crippen LogP contribution in [0.3, 0.4) is 0 Å². The lowest BCUT2D eigenvalue weighted by Crippen LogP contribution is -2.42. The van der Waals surface area contributed by atoms with Gasteiger partial charge in [0.15, 0.2) is 0 Å². The number of imide groups is 1. The number of amides is 3. The van der Waals surface area contributed by atoms with Gasteiger partial charge < -0.3 is 5.32 Å². The third-order valence-corrected chi connectivity index (χ3v) is 4.35. The van der Waals surface area contributed by atoms with Gasteiger partial charge in [-0.1, -0.05) is 34.9 Å². The molecule has 0 unspecified atom stereocenters. The Labute approximate surface area is 149 Å². The summed E-state index contributed by atoms with van der Waals surface area (Å²) < 4.78 is 0.837. The van der Waals surface area contributed by atoms with Crippen LogP contribution in [-0.2, 0) is 11.3 Å². The van der Waals surface area contributed by atoms with Gasteiger partial charge in [0, 0.05) is 6.54 Å². The summed E-state index contributed by atoms with van der Waals surface area (Å²) in [7, 11) is 0. The minimum absolute atomic E-state index is 0.00749. The first-order valence-electron chi connectivity index (χ1n) is 7.64. The maximum atomic E-state index is 11.8. The second-order valence-electron chi connectivity index (χ2n) is 5.43. The lowest BCUT2D eigenvalue weighted by Gasteiger charge is -2.13. The number of allylic oxidation sites excluding steroid dienone is 1. The highest BCUT2D eigenvalue weighted by Gasteiger charge is 2.13. The Kier molecular flexibility index (Phi) is 6.81. The van der Waals surface area contributed by atoms with Gasteiger partial charge in [-0.3, -0.25) is 14.9 Å². The fourth-order valence-corrected chi connectivity index (χ4v) is 2.64. The Morgan fingerprint density at radius 1 is 1.29 bits per heavy atom. The normalized spacial score (nSPS) is 14.0. The van der Waals surface area contributed by atoms with E-state index in [1.54, 1.807) is 0 Å². The second kappa shape index (κ2) is 8.84. The van der Waals surface area contributed by atoms with Crippen molar-refractivity contribution in [2.45, 2.75) is 38.6 Å². The monoisotopic (exact) mass is 372 g/mol. The van der Waals surface area contributed by atoms with E-state index in [9.17, 15) is 14.4 Å². The van der Waals surface area contributed by atoms with E-state index in [4.69, 9.17) is 23.2 Å². The van der Waals surface area contributed by atoms with E-state index in [0.29, 0.717) is 6.54 Å². The number of urea groups is 1. The zero-order valence-corrected chi connectivity index (χ0v) is 14.5. The van der Waals surface area contributed by atoms with Crippen molar-refractivity contribution in [2.75, 3.05) is 6.54 Å². The molecule has 0 saturated heterocycles. The summed E-state index contributed by atoms with van der Waals surface area (Å²) in [6.45, 7) is 0.0320. The first kappa shape index (κ1) is 18.5. The molecule has 0 atom stereocenters. The number of nitrogens with zero attached hydrogens (tertiary/aromatic N) is 2. The van der Waals surface area contributed by atoms with Gasteiger partial charge in [0.25, 0.3) is 5.56 Å². The van der Waals surface area contributed by atoms with Crippen molar-refractivity contribution < 1.29 is 9.59 Å². The average molecular weight is 373 g/mol. The molecule has 0 aromatic carbocycles. The van der Waals surface area contributed by atoms with Gasteiger partial charge >= 0.3 is 6.03 Å². The number of halogens is 2. The van der Waals surface area contributed by atoms with Crippen molar-refractivity contribution in [3.05, 3.63) is 38.2 Å². The number of carbonyl (C=O) groups is 2. The fourth-order valence-electron chi connectivity index (χ4n) is 2.37. The molecule has 0 radical (unpaired) electrons. The molecule has 24 heavy (non-hydrogen) atoms. The molecular formula is C15H18Cl2N4O3. The summed E-state index contributed by atoms with van der Waals surface area (Å²) >= 11 is 11.3. The van der Waals surface area contributed by atoms with Gasteiger partial charge in [0.1, 0.15) is 11.6 Å². The van der Waals surface area contributed by atoms with Crippen LogP contribution >= 0.6 is 23.2 Å². The van der Waals surface area contributed by atoms with Crippen LogP contribution in [0.15, 0.2) is 22.6 Å². The van der Waals surface area contributed by atoms with Crippen LogP contribution in [0.25, 0.3) is 0 Å². The molecule has 0 bridgehead atoms.